The smallest absolute Gasteiger partial charge is 0.331 e. The first-order valence-corrected chi connectivity index (χ1v) is 11.7. The summed E-state index contributed by atoms with van der Waals surface area (Å²) in [6, 6.07) is 4.77. The van der Waals surface area contributed by atoms with Gasteiger partial charge < -0.3 is 18.9 Å². The van der Waals surface area contributed by atoms with E-state index in [9.17, 15) is 13.2 Å². The van der Waals surface area contributed by atoms with Crippen molar-refractivity contribution in [1.82, 2.24) is 0 Å². The number of methoxy groups -OCH3 is 1. The van der Waals surface area contributed by atoms with Crippen molar-refractivity contribution in [3.63, 3.8) is 0 Å². The number of carbonyl (C=O) groups excluding carboxylic acids is 1. The normalized spacial score (nSPS) is 15.9. The SMILES string of the molecule is COCc1c(/C=C/C(=O)OC2CCC2)cc(NS(=O)(=O)c2cccs2)c2c1OCO2. The molecular weight excluding hydrogens is 430 g/mol. The summed E-state index contributed by atoms with van der Waals surface area (Å²) in [6.45, 7) is 0.150. The molecule has 1 saturated carbocycles. The lowest BCUT2D eigenvalue weighted by atomic mass is 9.96. The number of carbonyl (C=O) groups is 1. The van der Waals surface area contributed by atoms with E-state index in [1.165, 1.54) is 19.3 Å². The van der Waals surface area contributed by atoms with Crippen molar-refractivity contribution in [2.24, 2.45) is 0 Å². The lowest BCUT2D eigenvalue weighted by Gasteiger charge is -2.24. The van der Waals surface area contributed by atoms with Crippen LogP contribution in [0.15, 0.2) is 33.9 Å². The quantitative estimate of drug-likeness (QED) is 0.484. The predicted molar refractivity (Wildman–Crippen MR) is 111 cm³/mol. The van der Waals surface area contributed by atoms with Crippen molar-refractivity contribution in [3.05, 3.63) is 40.8 Å². The third-order valence-electron chi connectivity index (χ3n) is 4.81. The topological polar surface area (TPSA) is 100 Å². The van der Waals surface area contributed by atoms with Gasteiger partial charge >= 0.3 is 5.97 Å². The van der Waals surface area contributed by atoms with E-state index in [2.05, 4.69) is 4.72 Å². The van der Waals surface area contributed by atoms with Gasteiger partial charge in [-0.15, -0.1) is 11.3 Å². The molecule has 2 aromatic rings. The number of benzene rings is 1. The van der Waals surface area contributed by atoms with Crippen LogP contribution in [0.2, 0.25) is 0 Å². The van der Waals surface area contributed by atoms with Crippen LogP contribution >= 0.6 is 11.3 Å². The van der Waals surface area contributed by atoms with Crippen LogP contribution in [-0.2, 0) is 30.9 Å². The van der Waals surface area contributed by atoms with Crippen molar-refractivity contribution in [3.8, 4) is 11.5 Å². The van der Waals surface area contributed by atoms with Gasteiger partial charge in [-0.2, -0.15) is 0 Å². The standard InChI is InChI=1S/C20H21NO7S2/c1-25-11-15-13(7-8-17(22)28-14-4-2-5-14)10-16(20-19(15)26-12-27-20)21-30(23,24)18-6-3-9-29-18/h3,6-10,14,21H,2,4-5,11-12H2,1H3/b8-7+. The Morgan fingerprint density at radius 2 is 2.13 bits per heavy atom. The molecule has 0 radical (unpaired) electrons. The Labute approximate surface area is 178 Å². The van der Waals surface area contributed by atoms with Crippen molar-refractivity contribution >= 4 is 39.1 Å². The maximum Gasteiger partial charge on any atom is 0.331 e. The largest absolute Gasteiger partial charge is 0.459 e. The molecule has 0 spiro atoms. The molecule has 8 nitrogen and oxygen atoms in total. The maximum absolute atomic E-state index is 12.7. The molecule has 1 fully saturated rings. The molecule has 0 saturated heterocycles. The Balaban J connectivity index is 1.68. The van der Waals surface area contributed by atoms with Crippen molar-refractivity contribution < 1.29 is 32.2 Å². The van der Waals surface area contributed by atoms with Crippen molar-refractivity contribution in [1.29, 1.82) is 0 Å². The summed E-state index contributed by atoms with van der Waals surface area (Å²) >= 11 is 1.11. The molecule has 1 aliphatic carbocycles. The molecular formula is C20H21NO7S2. The lowest BCUT2D eigenvalue weighted by Crippen LogP contribution is -2.24. The summed E-state index contributed by atoms with van der Waals surface area (Å²) in [7, 11) is -2.25. The van der Waals surface area contributed by atoms with E-state index in [1.807, 2.05) is 0 Å². The van der Waals surface area contributed by atoms with Crippen LogP contribution < -0.4 is 14.2 Å². The summed E-state index contributed by atoms with van der Waals surface area (Å²) in [4.78, 5) is 12.1. The van der Waals surface area contributed by atoms with Crippen LogP contribution in [0.25, 0.3) is 6.08 Å². The van der Waals surface area contributed by atoms with Gasteiger partial charge in [0.15, 0.2) is 11.5 Å². The average molecular weight is 452 g/mol. The second kappa shape index (κ2) is 8.66. The fourth-order valence-electron chi connectivity index (χ4n) is 3.12. The molecule has 0 atom stereocenters. The zero-order valence-electron chi connectivity index (χ0n) is 16.3. The van der Waals surface area contributed by atoms with Gasteiger partial charge in [0.2, 0.25) is 6.79 Å². The molecule has 2 heterocycles. The zero-order valence-corrected chi connectivity index (χ0v) is 17.9. The van der Waals surface area contributed by atoms with Crippen LogP contribution in [0.4, 0.5) is 5.69 Å². The Bertz CT molecular complexity index is 1060. The van der Waals surface area contributed by atoms with Crippen LogP contribution in [0, 0.1) is 0 Å². The molecule has 30 heavy (non-hydrogen) atoms. The minimum absolute atomic E-state index is 0.0227. The van der Waals surface area contributed by atoms with Gasteiger partial charge in [0.25, 0.3) is 10.0 Å². The fourth-order valence-corrected chi connectivity index (χ4v) is 5.17. The second-order valence-electron chi connectivity index (χ2n) is 6.85. The molecule has 2 aliphatic rings. The van der Waals surface area contributed by atoms with Crippen LogP contribution in [0.3, 0.4) is 0 Å². The van der Waals surface area contributed by atoms with Gasteiger partial charge in [-0.05, 0) is 48.4 Å². The molecule has 4 rings (SSSR count). The highest BCUT2D eigenvalue weighted by molar-refractivity contribution is 7.94. The number of hydrogen-bond acceptors (Lipinski definition) is 8. The second-order valence-corrected chi connectivity index (χ2v) is 9.71. The number of anilines is 1. The van der Waals surface area contributed by atoms with E-state index in [4.69, 9.17) is 18.9 Å². The highest BCUT2D eigenvalue weighted by Gasteiger charge is 2.28. The Kier molecular flexibility index (Phi) is 5.98. The number of esters is 1. The fraction of sp³-hybridized carbons (Fsp3) is 0.350. The van der Waals surface area contributed by atoms with E-state index in [-0.39, 0.29) is 35.1 Å². The number of rotatable bonds is 8. The van der Waals surface area contributed by atoms with E-state index < -0.39 is 16.0 Å². The van der Waals surface area contributed by atoms with Gasteiger partial charge in [-0.25, -0.2) is 13.2 Å². The van der Waals surface area contributed by atoms with Crippen LogP contribution in [0.5, 0.6) is 11.5 Å². The predicted octanol–water partition coefficient (Wildman–Crippen LogP) is 3.53. The molecule has 10 heteroatoms. The molecule has 1 aliphatic heterocycles. The van der Waals surface area contributed by atoms with E-state index in [0.29, 0.717) is 16.9 Å². The Hall–Kier alpha value is -2.56. The minimum atomic E-state index is -3.79. The van der Waals surface area contributed by atoms with E-state index in [0.717, 1.165) is 30.6 Å². The molecule has 0 unspecified atom stereocenters. The van der Waals surface area contributed by atoms with Gasteiger partial charge in [0.1, 0.15) is 10.3 Å². The number of ether oxygens (including phenoxy) is 4. The van der Waals surface area contributed by atoms with Gasteiger partial charge in [0, 0.05) is 18.7 Å². The van der Waals surface area contributed by atoms with Crippen molar-refractivity contribution in [2.75, 3.05) is 18.6 Å². The number of sulfonamides is 1. The molecule has 1 aromatic carbocycles. The van der Waals surface area contributed by atoms with Crippen LogP contribution in [0.1, 0.15) is 30.4 Å². The summed E-state index contributed by atoms with van der Waals surface area (Å²) < 4.78 is 49.8. The van der Waals surface area contributed by atoms with Gasteiger partial charge in [-0.1, -0.05) is 6.07 Å². The number of hydrogen-bond donors (Lipinski definition) is 1. The molecule has 0 amide bonds. The zero-order chi connectivity index (χ0) is 21.1. The number of nitrogens with one attached hydrogen (secondary N) is 1. The van der Waals surface area contributed by atoms with Crippen LogP contribution in [-0.4, -0.2) is 34.4 Å². The third-order valence-corrected chi connectivity index (χ3v) is 7.57. The Morgan fingerprint density at radius 1 is 1.33 bits per heavy atom. The highest BCUT2D eigenvalue weighted by atomic mass is 32.2. The Morgan fingerprint density at radius 3 is 2.80 bits per heavy atom. The highest BCUT2D eigenvalue weighted by Crippen LogP contribution is 2.45. The molecule has 1 aromatic heterocycles. The molecule has 1 N–H and O–H groups in total. The molecule has 160 valence electrons. The maximum atomic E-state index is 12.7. The van der Waals surface area contributed by atoms with E-state index in [1.54, 1.807) is 23.6 Å². The number of fused-ring (bicyclic) bond motifs is 1. The van der Waals surface area contributed by atoms with Gasteiger partial charge in [0.05, 0.1) is 12.3 Å². The number of thiophene rings is 1. The lowest BCUT2D eigenvalue weighted by molar-refractivity contribution is -0.146. The molecule has 0 bridgehead atoms. The first-order valence-electron chi connectivity index (χ1n) is 9.37. The summed E-state index contributed by atoms with van der Waals surface area (Å²) in [5, 5.41) is 1.68. The van der Waals surface area contributed by atoms with Crippen molar-refractivity contribution in [2.45, 2.75) is 36.2 Å². The summed E-state index contributed by atoms with van der Waals surface area (Å²) in [6.07, 6.45) is 5.70. The summed E-state index contributed by atoms with van der Waals surface area (Å²) in [5.74, 6) is 0.230. The summed E-state index contributed by atoms with van der Waals surface area (Å²) in [5.41, 5.74) is 1.44. The van der Waals surface area contributed by atoms with E-state index >= 15 is 0 Å². The third kappa shape index (κ3) is 4.30. The van der Waals surface area contributed by atoms with Gasteiger partial charge in [-0.3, -0.25) is 4.72 Å². The monoisotopic (exact) mass is 451 g/mol. The first-order chi connectivity index (χ1) is 14.5. The first kappa shape index (κ1) is 20.7. The minimum Gasteiger partial charge on any atom is -0.459 e. The average Bonchev–Trinajstić information content (AvgIpc) is 3.37.